The number of hydrogen-bond donors (Lipinski definition) is 0. The van der Waals surface area contributed by atoms with Crippen LogP contribution < -0.4 is 9.47 Å². The van der Waals surface area contributed by atoms with Crippen molar-refractivity contribution in [3.05, 3.63) is 94.3 Å². The van der Waals surface area contributed by atoms with Gasteiger partial charge in [0.15, 0.2) is 34.8 Å². The molecule has 0 saturated heterocycles. The number of halogens is 11. The van der Waals surface area contributed by atoms with Gasteiger partial charge >= 0.3 is 0 Å². The van der Waals surface area contributed by atoms with Crippen LogP contribution in [-0.4, -0.2) is 14.2 Å². The number of benzene rings is 5. The molecule has 0 aliphatic carbocycles. The van der Waals surface area contributed by atoms with Gasteiger partial charge in [0, 0.05) is 21.9 Å². The largest absolute Gasteiger partial charge is 0.491 e. The van der Waals surface area contributed by atoms with Gasteiger partial charge in [-0.2, -0.15) is 17.6 Å². The van der Waals surface area contributed by atoms with Crippen LogP contribution in [0.1, 0.15) is 0 Å². The Balaban J connectivity index is 2.15. The molecule has 0 aliphatic heterocycles. The van der Waals surface area contributed by atoms with Crippen molar-refractivity contribution in [2.24, 2.45) is 0 Å². The molecule has 5 rings (SSSR count). The average Bonchev–Trinajstić information content (AvgIpc) is 2.94. The Morgan fingerprint density at radius 1 is 0.415 bits per heavy atom. The van der Waals surface area contributed by atoms with Crippen molar-refractivity contribution < 1.29 is 57.8 Å². The quantitative estimate of drug-likeness (QED) is 0.119. The molecule has 0 bridgehead atoms. The van der Waals surface area contributed by atoms with Crippen LogP contribution >= 0.6 is 0 Å². The molecule has 0 spiro atoms. The second-order valence-electron chi connectivity index (χ2n) is 8.55. The van der Waals surface area contributed by atoms with Gasteiger partial charge < -0.3 is 9.47 Å². The first-order valence-electron chi connectivity index (χ1n) is 11.2. The van der Waals surface area contributed by atoms with E-state index in [0.29, 0.717) is 44.6 Å². The molecule has 13 heteroatoms. The van der Waals surface area contributed by atoms with Gasteiger partial charge in [-0.25, -0.2) is 30.7 Å². The van der Waals surface area contributed by atoms with Gasteiger partial charge in [-0.05, 0) is 35.0 Å². The fourth-order valence-corrected chi connectivity index (χ4v) is 4.79. The van der Waals surface area contributed by atoms with Crippen molar-refractivity contribution in [3.8, 4) is 33.8 Å². The normalized spacial score (nSPS) is 11.5. The van der Waals surface area contributed by atoms with Gasteiger partial charge in [-0.1, -0.05) is 6.07 Å². The Hall–Kier alpha value is -4.55. The summed E-state index contributed by atoms with van der Waals surface area (Å²) in [6.07, 6.45) is 0. The summed E-state index contributed by atoms with van der Waals surface area (Å²) in [5, 5.41) is -4.07. The zero-order valence-electron chi connectivity index (χ0n) is 20.4. The Bertz CT molecular complexity index is 1880. The first kappa shape index (κ1) is 28.0. The van der Waals surface area contributed by atoms with Crippen molar-refractivity contribution in [2.75, 3.05) is 14.2 Å². The standard InChI is InChI=1S/C28H11F11O2/c1-40-27-23(36)19(32)17(20(33)24(27)37)13-9-4-3-8(29)7-10(9)14(16-12(31)6-5-11(30)15(13)16)18-21(34)25(38)28(41-2)26(39)22(18)35/h3-7H,1-2H3. The highest BCUT2D eigenvalue weighted by Gasteiger charge is 2.34. The summed E-state index contributed by atoms with van der Waals surface area (Å²) in [4.78, 5) is 0. The van der Waals surface area contributed by atoms with Crippen LogP contribution in [0.2, 0.25) is 0 Å². The van der Waals surface area contributed by atoms with Crippen LogP contribution in [0.3, 0.4) is 0 Å². The maximum atomic E-state index is 15.5. The summed E-state index contributed by atoms with van der Waals surface area (Å²) in [7, 11) is 1.37. The lowest BCUT2D eigenvalue weighted by Crippen LogP contribution is -2.07. The molecule has 0 atom stereocenters. The molecule has 5 aromatic rings. The monoisotopic (exact) mass is 588 g/mol. The highest BCUT2D eigenvalue weighted by molar-refractivity contribution is 6.22. The van der Waals surface area contributed by atoms with Crippen LogP contribution in [0.25, 0.3) is 43.8 Å². The molecule has 0 fully saturated rings. The molecular weight excluding hydrogens is 577 g/mol. The number of fused-ring (bicyclic) bond motifs is 2. The third-order valence-corrected chi connectivity index (χ3v) is 6.48. The maximum Gasteiger partial charge on any atom is 0.204 e. The molecule has 0 saturated carbocycles. The van der Waals surface area contributed by atoms with E-state index >= 15 is 26.3 Å². The SMILES string of the molecule is COc1c(F)c(F)c(-c2c3ccc(F)cc3c(-c3c(F)c(F)c(OC)c(F)c3F)c3c(F)ccc(F)c23)c(F)c1F. The predicted molar refractivity (Wildman–Crippen MR) is 125 cm³/mol. The van der Waals surface area contributed by atoms with E-state index in [1.807, 2.05) is 0 Å². The van der Waals surface area contributed by atoms with E-state index in [9.17, 15) is 22.0 Å². The van der Waals surface area contributed by atoms with E-state index in [0.717, 1.165) is 0 Å². The molecule has 0 aromatic heterocycles. The van der Waals surface area contributed by atoms with E-state index < -0.39 is 119 Å². The van der Waals surface area contributed by atoms with E-state index in [1.165, 1.54) is 0 Å². The van der Waals surface area contributed by atoms with Gasteiger partial charge in [-0.3, -0.25) is 0 Å². The van der Waals surface area contributed by atoms with Crippen LogP contribution in [0.5, 0.6) is 11.5 Å². The third-order valence-electron chi connectivity index (χ3n) is 6.48. The minimum Gasteiger partial charge on any atom is -0.491 e. The van der Waals surface area contributed by atoms with Crippen LogP contribution in [0.15, 0.2) is 30.3 Å². The van der Waals surface area contributed by atoms with Crippen LogP contribution in [-0.2, 0) is 0 Å². The summed E-state index contributed by atoms with van der Waals surface area (Å²) < 4.78 is 174. The lowest BCUT2D eigenvalue weighted by Gasteiger charge is -2.21. The van der Waals surface area contributed by atoms with E-state index in [-0.39, 0.29) is 0 Å². The Kier molecular flexibility index (Phi) is 6.71. The lowest BCUT2D eigenvalue weighted by molar-refractivity contribution is 0.334. The van der Waals surface area contributed by atoms with Gasteiger partial charge in [0.05, 0.1) is 25.3 Å². The number of hydrogen-bond acceptors (Lipinski definition) is 2. The highest BCUT2D eigenvalue weighted by atomic mass is 19.2. The molecule has 0 aliphatic rings. The molecular formula is C28H11F11O2. The van der Waals surface area contributed by atoms with Gasteiger partial charge in [0.1, 0.15) is 17.5 Å². The zero-order chi connectivity index (χ0) is 30.1. The van der Waals surface area contributed by atoms with Crippen molar-refractivity contribution in [3.63, 3.8) is 0 Å². The molecule has 212 valence electrons. The molecule has 0 unspecified atom stereocenters. The molecule has 0 N–H and O–H groups in total. The molecule has 0 amide bonds. The summed E-state index contributed by atoms with van der Waals surface area (Å²) >= 11 is 0. The predicted octanol–water partition coefficient (Wildman–Crippen LogP) is 8.87. The highest BCUT2D eigenvalue weighted by Crippen LogP contribution is 2.50. The van der Waals surface area contributed by atoms with Crippen molar-refractivity contribution in [1.29, 1.82) is 0 Å². The Morgan fingerprint density at radius 3 is 1.15 bits per heavy atom. The fourth-order valence-electron chi connectivity index (χ4n) is 4.79. The average molecular weight is 588 g/mol. The van der Waals surface area contributed by atoms with Crippen LogP contribution in [0.4, 0.5) is 48.3 Å². The minimum atomic E-state index is -2.18. The summed E-state index contributed by atoms with van der Waals surface area (Å²) in [6.45, 7) is 0. The Labute approximate surface area is 222 Å². The van der Waals surface area contributed by atoms with Gasteiger partial charge in [-0.15, -0.1) is 0 Å². The maximum absolute atomic E-state index is 15.5. The summed E-state index contributed by atoms with van der Waals surface area (Å²) in [5.74, 6) is -24.4. The second kappa shape index (κ2) is 9.82. The fraction of sp³-hybridized carbons (Fsp3) is 0.0714. The molecule has 0 radical (unpaired) electrons. The number of methoxy groups -OCH3 is 2. The molecule has 2 nitrogen and oxygen atoms in total. The first-order chi connectivity index (χ1) is 19.4. The molecule has 41 heavy (non-hydrogen) atoms. The van der Waals surface area contributed by atoms with E-state index in [1.54, 1.807) is 0 Å². The third kappa shape index (κ3) is 3.85. The van der Waals surface area contributed by atoms with Crippen molar-refractivity contribution >= 4 is 21.5 Å². The van der Waals surface area contributed by atoms with Gasteiger partial charge in [0.25, 0.3) is 0 Å². The second-order valence-corrected chi connectivity index (χ2v) is 8.55. The summed E-state index contributed by atoms with van der Waals surface area (Å²) in [6, 6.07) is 2.53. The number of rotatable bonds is 4. The zero-order valence-corrected chi connectivity index (χ0v) is 20.4. The van der Waals surface area contributed by atoms with Crippen LogP contribution in [0, 0.1) is 64.0 Å². The minimum absolute atomic E-state index is 0.393. The van der Waals surface area contributed by atoms with Crippen molar-refractivity contribution in [1.82, 2.24) is 0 Å². The first-order valence-corrected chi connectivity index (χ1v) is 11.2. The topological polar surface area (TPSA) is 18.5 Å². The molecule has 5 aromatic carbocycles. The number of ether oxygens (including phenoxy) is 2. The van der Waals surface area contributed by atoms with E-state index in [2.05, 4.69) is 9.47 Å². The molecule has 0 heterocycles. The van der Waals surface area contributed by atoms with Crippen molar-refractivity contribution in [2.45, 2.75) is 0 Å². The van der Waals surface area contributed by atoms with Gasteiger partial charge in [0.2, 0.25) is 23.3 Å². The summed E-state index contributed by atoms with van der Waals surface area (Å²) in [5.41, 5.74) is -5.57. The lowest BCUT2D eigenvalue weighted by atomic mass is 9.84. The smallest absolute Gasteiger partial charge is 0.204 e. The Morgan fingerprint density at radius 2 is 0.780 bits per heavy atom. The van der Waals surface area contributed by atoms with E-state index in [4.69, 9.17) is 0 Å².